The van der Waals surface area contributed by atoms with Crippen LogP contribution in [0.3, 0.4) is 0 Å². The number of alkyl halides is 3. The standard InChI is InChI=1S/C10H17F3N2O/c1-3-9(4-5-14-6-9)8(16)15(2)7-10(11,12)13/h14H,3-7H2,1-2H3. The first kappa shape index (κ1) is 13.3. The highest BCUT2D eigenvalue weighted by Gasteiger charge is 2.43. The maximum absolute atomic E-state index is 12.2. The van der Waals surface area contributed by atoms with Crippen LogP contribution < -0.4 is 5.32 Å². The van der Waals surface area contributed by atoms with Crippen molar-refractivity contribution in [3.8, 4) is 0 Å². The van der Waals surface area contributed by atoms with Gasteiger partial charge in [-0.3, -0.25) is 4.79 Å². The van der Waals surface area contributed by atoms with E-state index in [-0.39, 0.29) is 0 Å². The molecule has 0 aromatic heterocycles. The van der Waals surface area contributed by atoms with Gasteiger partial charge in [0.25, 0.3) is 0 Å². The van der Waals surface area contributed by atoms with E-state index in [1.54, 1.807) is 0 Å². The Hall–Kier alpha value is -0.780. The summed E-state index contributed by atoms with van der Waals surface area (Å²) < 4.78 is 36.5. The van der Waals surface area contributed by atoms with E-state index in [1.807, 2.05) is 6.92 Å². The second kappa shape index (κ2) is 4.61. The number of nitrogens with zero attached hydrogens (tertiary/aromatic N) is 1. The maximum atomic E-state index is 12.2. The molecule has 0 aromatic carbocycles. The van der Waals surface area contributed by atoms with Crippen LogP contribution in [-0.2, 0) is 4.79 Å². The van der Waals surface area contributed by atoms with Crippen molar-refractivity contribution in [2.75, 3.05) is 26.7 Å². The highest BCUT2D eigenvalue weighted by Crippen LogP contribution is 2.32. The van der Waals surface area contributed by atoms with Crippen molar-refractivity contribution in [2.24, 2.45) is 5.41 Å². The lowest BCUT2D eigenvalue weighted by molar-refractivity contribution is -0.164. The first-order valence-corrected chi connectivity index (χ1v) is 5.34. The molecule has 3 nitrogen and oxygen atoms in total. The summed E-state index contributed by atoms with van der Waals surface area (Å²) in [5.41, 5.74) is -0.639. The fraction of sp³-hybridized carbons (Fsp3) is 0.900. The molecular weight excluding hydrogens is 221 g/mol. The quantitative estimate of drug-likeness (QED) is 0.806. The lowest BCUT2D eigenvalue weighted by atomic mass is 9.83. The second-order valence-electron chi connectivity index (χ2n) is 4.34. The zero-order valence-electron chi connectivity index (χ0n) is 9.52. The number of hydrogen-bond donors (Lipinski definition) is 1. The topological polar surface area (TPSA) is 32.3 Å². The highest BCUT2D eigenvalue weighted by molar-refractivity contribution is 5.83. The SMILES string of the molecule is CCC1(C(=O)N(C)CC(F)(F)F)CCNC1. The van der Waals surface area contributed by atoms with Crippen molar-refractivity contribution >= 4 is 5.91 Å². The lowest BCUT2D eigenvalue weighted by Crippen LogP contribution is -2.46. The Labute approximate surface area is 93.0 Å². The molecule has 0 bridgehead atoms. The number of carbonyl (C=O) groups is 1. The van der Waals surface area contributed by atoms with E-state index < -0.39 is 24.0 Å². The van der Waals surface area contributed by atoms with Crippen molar-refractivity contribution in [2.45, 2.75) is 25.9 Å². The van der Waals surface area contributed by atoms with E-state index in [1.165, 1.54) is 7.05 Å². The van der Waals surface area contributed by atoms with Crippen molar-refractivity contribution in [3.63, 3.8) is 0 Å². The van der Waals surface area contributed by atoms with Gasteiger partial charge >= 0.3 is 6.18 Å². The van der Waals surface area contributed by atoms with Gasteiger partial charge in [-0.15, -0.1) is 0 Å². The first-order valence-electron chi connectivity index (χ1n) is 5.34. The maximum Gasteiger partial charge on any atom is 0.406 e. The largest absolute Gasteiger partial charge is 0.406 e. The van der Waals surface area contributed by atoms with Gasteiger partial charge in [0.2, 0.25) is 5.91 Å². The number of carbonyl (C=O) groups excluding carboxylic acids is 1. The highest BCUT2D eigenvalue weighted by atomic mass is 19.4. The monoisotopic (exact) mass is 238 g/mol. The molecule has 1 rings (SSSR count). The third-order valence-corrected chi connectivity index (χ3v) is 3.14. The van der Waals surface area contributed by atoms with E-state index in [0.717, 1.165) is 4.90 Å². The van der Waals surface area contributed by atoms with Gasteiger partial charge in [-0.05, 0) is 19.4 Å². The van der Waals surface area contributed by atoms with E-state index >= 15 is 0 Å². The molecule has 1 atom stereocenters. The van der Waals surface area contributed by atoms with E-state index in [2.05, 4.69) is 5.32 Å². The molecular formula is C10H17F3N2O. The number of amides is 1. The Morgan fingerprint density at radius 1 is 1.50 bits per heavy atom. The Morgan fingerprint density at radius 3 is 2.50 bits per heavy atom. The fourth-order valence-corrected chi connectivity index (χ4v) is 2.12. The van der Waals surface area contributed by atoms with Crippen LogP contribution in [0.25, 0.3) is 0 Å². The number of rotatable bonds is 3. The fourth-order valence-electron chi connectivity index (χ4n) is 2.12. The van der Waals surface area contributed by atoms with Crippen molar-refractivity contribution in [1.82, 2.24) is 10.2 Å². The Kier molecular flexibility index (Phi) is 3.83. The molecule has 6 heteroatoms. The molecule has 1 fully saturated rings. The summed E-state index contributed by atoms with van der Waals surface area (Å²) in [5.74, 6) is -0.405. The normalized spacial score (nSPS) is 25.8. The van der Waals surface area contributed by atoms with Gasteiger partial charge in [-0.1, -0.05) is 6.92 Å². The number of hydrogen-bond acceptors (Lipinski definition) is 2. The van der Waals surface area contributed by atoms with Gasteiger partial charge in [0.1, 0.15) is 6.54 Å². The summed E-state index contributed by atoms with van der Waals surface area (Å²) in [5, 5.41) is 3.03. The van der Waals surface area contributed by atoms with E-state index in [0.29, 0.717) is 25.9 Å². The van der Waals surface area contributed by atoms with Crippen LogP contribution >= 0.6 is 0 Å². The summed E-state index contributed by atoms with van der Waals surface area (Å²) in [7, 11) is 1.21. The van der Waals surface area contributed by atoms with Gasteiger partial charge < -0.3 is 10.2 Å². The van der Waals surface area contributed by atoms with Crippen LogP contribution in [0.2, 0.25) is 0 Å². The second-order valence-corrected chi connectivity index (χ2v) is 4.34. The Balaban J connectivity index is 2.68. The smallest absolute Gasteiger partial charge is 0.336 e. The zero-order valence-corrected chi connectivity index (χ0v) is 9.52. The van der Waals surface area contributed by atoms with Crippen molar-refractivity contribution < 1.29 is 18.0 Å². The molecule has 1 unspecified atom stereocenters. The first-order chi connectivity index (χ1) is 7.31. The van der Waals surface area contributed by atoms with Gasteiger partial charge in [-0.25, -0.2) is 0 Å². The molecule has 0 aromatic rings. The predicted octanol–water partition coefficient (Wildman–Crippen LogP) is 1.40. The lowest BCUT2D eigenvalue weighted by Gasteiger charge is -2.31. The third kappa shape index (κ3) is 2.87. The van der Waals surface area contributed by atoms with Crippen LogP contribution in [0.5, 0.6) is 0 Å². The molecule has 1 heterocycles. The minimum Gasteiger partial charge on any atom is -0.336 e. The summed E-state index contributed by atoms with van der Waals surface area (Å²) in [6, 6.07) is 0. The van der Waals surface area contributed by atoms with E-state index in [9.17, 15) is 18.0 Å². The summed E-state index contributed by atoms with van der Waals surface area (Å²) in [4.78, 5) is 12.8. The Bertz CT molecular complexity index is 259. The van der Waals surface area contributed by atoms with Gasteiger partial charge in [0.05, 0.1) is 5.41 Å². The molecule has 1 aliphatic rings. The van der Waals surface area contributed by atoms with Crippen LogP contribution in [-0.4, -0.2) is 43.7 Å². The molecule has 94 valence electrons. The van der Waals surface area contributed by atoms with Crippen LogP contribution in [0, 0.1) is 5.41 Å². The molecule has 0 radical (unpaired) electrons. The number of halogens is 3. The van der Waals surface area contributed by atoms with Crippen molar-refractivity contribution in [1.29, 1.82) is 0 Å². The minimum absolute atomic E-state index is 0.405. The summed E-state index contributed by atoms with van der Waals surface area (Å²) in [6.07, 6.45) is -3.14. The van der Waals surface area contributed by atoms with Gasteiger partial charge in [-0.2, -0.15) is 13.2 Å². The molecule has 1 amide bonds. The zero-order chi connectivity index (χ0) is 12.4. The van der Waals surface area contributed by atoms with Gasteiger partial charge in [0, 0.05) is 13.6 Å². The van der Waals surface area contributed by atoms with Crippen LogP contribution in [0.4, 0.5) is 13.2 Å². The average Bonchev–Trinajstić information content (AvgIpc) is 2.63. The van der Waals surface area contributed by atoms with Crippen LogP contribution in [0.15, 0.2) is 0 Å². The molecule has 1 saturated heterocycles. The molecule has 16 heavy (non-hydrogen) atoms. The molecule has 1 N–H and O–H groups in total. The van der Waals surface area contributed by atoms with Crippen LogP contribution in [0.1, 0.15) is 19.8 Å². The van der Waals surface area contributed by atoms with Crippen molar-refractivity contribution in [3.05, 3.63) is 0 Å². The predicted molar refractivity (Wildman–Crippen MR) is 53.9 cm³/mol. The summed E-state index contributed by atoms with van der Waals surface area (Å²) >= 11 is 0. The Morgan fingerprint density at radius 2 is 2.12 bits per heavy atom. The molecule has 0 saturated carbocycles. The van der Waals surface area contributed by atoms with E-state index in [4.69, 9.17) is 0 Å². The van der Waals surface area contributed by atoms with Gasteiger partial charge in [0.15, 0.2) is 0 Å². The molecule has 0 spiro atoms. The minimum atomic E-state index is -4.33. The molecule has 0 aliphatic carbocycles. The summed E-state index contributed by atoms with van der Waals surface area (Å²) in [6.45, 7) is 1.84. The third-order valence-electron chi connectivity index (χ3n) is 3.14. The molecule has 1 aliphatic heterocycles. The number of nitrogens with one attached hydrogen (secondary N) is 1. The average molecular weight is 238 g/mol.